The number of rotatable bonds is 14. The molecule has 9 N–H and O–H groups in total. The molecule has 0 saturated heterocycles. The van der Waals surface area contributed by atoms with Gasteiger partial charge in [0.2, 0.25) is 17.7 Å². The second-order valence-electron chi connectivity index (χ2n) is 7.19. The van der Waals surface area contributed by atoms with Gasteiger partial charge in [-0.15, -0.1) is 0 Å². The molecule has 0 fully saturated rings. The van der Waals surface area contributed by atoms with E-state index < -0.39 is 79.6 Å². The number of carbonyl (C=O) groups excluding carboxylic acids is 3. The normalized spacial score (nSPS) is 13.1. The van der Waals surface area contributed by atoms with Crippen molar-refractivity contribution >= 4 is 35.6 Å². The molecule has 3 atom stereocenters. The largest absolute Gasteiger partial charge is 0.508 e. The highest BCUT2D eigenvalue weighted by molar-refractivity contribution is 5.95. The van der Waals surface area contributed by atoms with E-state index in [1.165, 1.54) is 24.3 Å². The summed E-state index contributed by atoms with van der Waals surface area (Å²) in [4.78, 5) is 70.4. The second-order valence-corrected chi connectivity index (χ2v) is 7.19. The van der Waals surface area contributed by atoms with Crippen molar-refractivity contribution in [3.8, 4) is 5.75 Å². The Hall–Kier alpha value is -4.20. The van der Waals surface area contributed by atoms with Gasteiger partial charge in [-0.3, -0.25) is 24.0 Å². The summed E-state index contributed by atoms with van der Waals surface area (Å²) in [6.45, 7) is -0.538. The van der Waals surface area contributed by atoms with E-state index in [2.05, 4.69) is 16.0 Å². The first kappa shape index (κ1) is 27.8. The minimum Gasteiger partial charge on any atom is -0.508 e. The number of hydrogen-bond donors (Lipinski definition) is 8. The molecule has 0 spiro atoms. The third-order valence-corrected chi connectivity index (χ3v) is 4.49. The molecule has 34 heavy (non-hydrogen) atoms. The summed E-state index contributed by atoms with van der Waals surface area (Å²) < 4.78 is 0. The molecule has 186 valence electrons. The molecule has 0 aromatic heterocycles. The van der Waals surface area contributed by atoms with Gasteiger partial charge in [0.1, 0.15) is 23.9 Å². The molecule has 14 nitrogen and oxygen atoms in total. The summed E-state index contributed by atoms with van der Waals surface area (Å²) in [5, 5.41) is 43.2. The van der Waals surface area contributed by atoms with Crippen LogP contribution in [-0.2, 0) is 35.2 Å². The lowest BCUT2D eigenvalue weighted by atomic mass is 10.0. The predicted molar refractivity (Wildman–Crippen MR) is 113 cm³/mol. The number of carboxylic acids is 3. The number of aliphatic carboxylic acids is 3. The maximum absolute atomic E-state index is 12.7. The first-order chi connectivity index (χ1) is 15.9. The van der Waals surface area contributed by atoms with E-state index in [1.807, 2.05) is 0 Å². The monoisotopic (exact) mass is 482 g/mol. The molecule has 0 aliphatic carbocycles. The molecular weight excluding hydrogens is 456 g/mol. The van der Waals surface area contributed by atoms with E-state index in [1.54, 1.807) is 0 Å². The minimum atomic E-state index is -1.61. The highest BCUT2D eigenvalue weighted by Crippen LogP contribution is 2.12. The topological polar surface area (TPSA) is 245 Å². The number of benzene rings is 1. The molecule has 0 bridgehead atoms. The van der Waals surface area contributed by atoms with Crippen LogP contribution in [0.4, 0.5) is 0 Å². The Morgan fingerprint density at radius 1 is 0.794 bits per heavy atom. The van der Waals surface area contributed by atoms with Crippen molar-refractivity contribution in [2.75, 3.05) is 6.54 Å². The maximum atomic E-state index is 12.7. The molecule has 1 aromatic carbocycles. The molecule has 0 saturated carbocycles. The van der Waals surface area contributed by atoms with Gasteiger partial charge in [0.25, 0.3) is 0 Å². The smallest absolute Gasteiger partial charge is 0.326 e. The van der Waals surface area contributed by atoms with E-state index in [4.69, 9.17) is 15.9 Å². The Kier molecular flexibility index (Phi) is 10.9. The van der Waals surface area contributed by atoms with Crippen LogP contribution in [0.1, 0.15) is 24.8 Å². The molecule has 1 aromatic rings. The summed E-state index contributed by atoms with van der Waals surface area (Å²) in [5.74, 6) is -7.17. The number of phenols is 1. The van der Waals surface area contributed by atoms with E-state index in [0.717, 1.165) is 0 Å². The van der Waals surface area contributed by atoms with Crippen LogP contribution in [0, 0.1) is 0 Å². The minimum absolute atomic E-state index is 0.0475. The Balaban J connectivity index is 3.02. The van der Waals surface area contributed by atoms with Crippen molar-refractivity contribution in [3.05, 3.63) is 29.8 Å². The van der Waals surface area contributed by atoms with E-state index in [9.17, 15) is 39.0 Å². The number of amides is 3. The van der Waals surface area contributed by atoms with Crippen LogP contribution in [0.5, 0.6) is 5.75 Å². The molecule has 0 aliphatic heterocycles. The number of carboxylic acid groups (broad SMARTS) is 3. The van der Waals surface area contributed by atoms with E-state index >= 15 is 0 Å². The first-order valence-electron chi connectivity index (χ1n) is 9.97. The third-order valence-electron chi connectivity index (χ3n) is 4.49. The number of aromatic hydroxyl groups is 1. The summed E-state index contributed by atoms with van der Waals surface area (Å²) in [6.07, 6.45) is -2.05. The zero-order chi connectivity index (χ0) is 25.8. The van der Waals surface area contributed by atoms with Crippen LogP contribution in [0.3, 0.4) is 0 Å². The quantitative estimate of drug-likeness (QED) is 0.141. The molecule has 0 radical (unpaired) electrons. The Morgan fingerprint density at radius 3 is 1.85 bits per heavy atom. The zero-order valence-electron chi connectivity index (χ0n) is 17.9. The van der Waals surface area contributed by atoms with Crippen LogP contribution < -0.4 is 21.7 Å². The summed E-state index contributed by atoms with van der Waals surface area (Å²) in [6, 6.07) is 0.912. The lowest BCUT2D eigenvalue weighted by molar-refractivity contribution is -0.143. The van der Waals surface area contributed by atoms with Crippen molar-refractivity contribution in [2.24, 2.45) is 5.73 Å². The van der Waals surface area contributed by atoms with Crippen molar-refractivity contribution < 1.29 is 49.2 Å². The lowest BCUT2D eigenvalue weighted by Crippen LogP contribution is -2.56. The summed E-state index contributed by atoms with van der Waals surface area (Å²) in [7, 11) is 0. The summed E-state index contributed by atoms with van der Waals surface area (Å²) in [5.41, 5.74) is 5.61. The van der Waals surface area contributed by atoms with E-state index in [0.29, 0.717) is 5.56 Å². The van der Waals surface area contributed by atoms with Crippen molar-refractivity contribution in [2.45, 2.75) is 43.8 Å². The standard InChI is InChI=1S/C20H26N4O10/c21-9-15(26)22-13(8-17(29)30)19(32)23-12(5-6-16(27)28)18(31)24-14(20(33)34)7-10-1-3-11(25)4-2-10/h1-4,12-14,25H,5-9,21H2,(H,22,26)(H,23,32)(H,24,31)(H,27,28)(H,29,30)(H,33,34). The fourth-order valence-electron chi connectivity index (χ4n) is 2.79. The van der Waals surface area contributed by atoms with Gasteiger partial charge in [-0.25, -0.2) is 4.79 Å². The Bertz CT molecular complexity index is 918. The van der Waals surface area contributed by atoms with Gasteiger partial charge < -0.3 is 42.1 Å². The number of nitrogens with two attached hydrogens (primary N) is 1. The average Bonchev–Trinajstić information content (AvgIpc) is 2.76. The lowest BCUT2D eigenvalue weighted by Gasteiger charge is -2.23. The fraction of sp³-hybridized carbons (Fsp3) is 0.400. The molecule has 3 unspecified atom stereocenters. The average molecular weight is 482 g/mol. The van der Waals surface area contributed by atoms with Crippen molar-refractivity contribution in [1.82, 2.24) is 16.0 Å². The summed E-state index contributed by atoms with van der Waals surface area (Å²) >= 11 is 0. The van der Waals surface area contributed by atoms with Gasteiger partial charge in [-0.05, 0) is 24.1 Å². The van der Waals surface area contributed by atoms with Crippen LogP contribution in [0.15, 0.2) is 24.3 Å². The van der Waals surface area contributed by atoms with Gasteiger partial charge in [0, 0.05) is 12.8 Å². The Morgan fingerprint density at radius 2 is 1.35 bits per heavy atom. The maximum Gasteiger partial charge on any atom is 0.326 e. The second kappa shape index (κ2) is 13.4. The molecule has 14 heteroatoms. The molecular formula is C20H26N4O10. The van der Waals surface area contributed by atoms with Crippen LogP contribution >= 0.6 is 0 Å². The molecule has 0 aliphatic rings. The number of carbonyl (C=O) groups is 6. The van der Waals surface area contributed by atoms with Gasteiger partial charge >= 0.3 is 17.9 Å². The van der Waals surface area contributed by atoms with Crippen molar-refractivity contribution in [3.63, 3.8) is 0 Å². The SMILES string of the molecule is NCC(=O)NC(CC(=O)O)C(=O)NC(CCC(=O)O)C(=O)NC(Cc1ccc(O)cc1)C(=O)O. The van der Waals surface area contributed by atoms with Gasteiger partial charge in [-0.2, -0.15) is 0 Å². The molecule has 0 heterocycles. The third kappa shape index (κ3) is 9.95. The molecule has 1 rings (SSSR count). The van der Waals surface area contributed by atoms with Crippen LogP contribution in [-0.4, -0.2) is 80.7 Å². The predicted octanol–water partition coefficient (Wildman–Crippen LogP) is -2.23. The number of hydrogen-bond acceptors (Lipinski definition) is 8. The fourth-order valence-corrected chi connectivity index (χ4v) is 2.79. The van der Waals surface area contributed by atoms with Crippen molar-refractivity contribution in [1.29, 1.82) is 0 Å². The molecule has 3 amide bonds. The van der Waals surface area contributed by atoms with Gasteiger partial charge in [0.05, 0.1) is 13.0 Å². The van der Waals surface area contributed by atoms with Gasteiger partial charge in [-0.1, -0.05) is 12.1 Å². The first-order valence-corrected chi connectivity index (χ1v) is 9.97. The van der Waals surface area contributed by atoms with Crippen LogP contribution in [0.2, 0.25) is 0 Å². The zero-order valence-corrected chi connectivity index (χ0v) is 17.9. The van der Waals surface area contributed by atoms with E-state index in [-0.39, 0.29) is 12.2 Å². The number of phenolic OH excluding ortho intramolecular Hbond substituents is 1. The Labute approximate surface area is 193 Å². The van der Waals surface area contributed by atoms with Crippen LogP contribution in [0.25, 0.3) is 0 Å². The highest BCUT2D eigenvalue weighted by atomic mass is 16.4. The number of nitrogens with one attached hydrogen (secondary N) is 3. The van der Waals surface area contributed by atoms with Gasteiger partial charge in [0.15, 0.2) is 0 Å². The highest BCUT2D eigenvalue weighted by Gasteiger charge is 2.31.